The van der Waals surface area contributed by atoms with E-state index in [2.05, 4.69) is 0 Å². The zero-order valence-corrected chi connectivity index (χ0v) is 10.3. The largest absolute Gasteiger partial charge is 0.371 e. The zero-order valence-electron chi connectivity index (χ0n) is 9.50. The first-order chi connectivity index (χ1) is 7.92. The van der Waals surface area contributed by atoms with Crippen LogP contribution < -0.4 is 0 Å². The van der Waals surface area contributed by atoms with Crippen LogP contribution in [0.1, 0.15) is 12.0 Å². The SMILES string of the molecule is CS(=O)(=O)C1(O)C=CC(c2ccccc2)=CC1. The summed E-state index contributed by atoms with van der Waals surface area (Å²) in [6.45, 7) is 0. The molecule has 0 spiro atoms. The fourth-order valence-corrected chi connectivity index (χ4v) is 2.43. The van der Waals surface area contributed by atoms with Crippen LogP contribution in [0.15, 0.2) is 48.6 Å². The molecule has 0 aliphatic heterocycles. The summed E-state index contributed by atoms with van der Waals surface area (Å²) >= 11 is 0. The van der Waals surface area contributed by atoms with Crippen LogP contribution in [0.2, 0.25) is 0 Å². The molecule has 1 aromatic carbocycles. The molecule has 1 aliphatic carbocycles. The van der Waals surface area contributed by atoms with Crippen molar-refractivity contribution in [1.82, 2.24) is 0 Å². The van der Waals surface area contributed by atoms with Crippen LogP contribution in [-0.2, 0) is 9.84 Å². The van der Waals surface area contributed by atoms with Gasteiger partial charge in [0.2, 0.25) is 0 Å². The molecule has 3 nitrogen and oxygen atoms in total. The first-order valence-electron chi connectivity index (χ1n) is 5.29. The summed E-state index contributed by atoms with van der Waals surface area (Å²) in [4.78, 5) is -1.76. The second-order valence-electron chi connectivity index (χ2n) is 4.18. The van der Waals surface area contributed by atoms with Gasteiger partial charge in [-0.3, -0.25) is 0 Å². The molecular weight excluding hydrogens is 236 g/mol. The van der Waals surface area contributed by atoms with Gasteiger partial charge in [-0.2, -0.15) is 0 Å². The van der Waals surface area contributed by atoms with Crippen molar-refractivity contribution < 1.29 is 13.5 Å². The lowest BCUT2D eigenvalue weighted by atomic mass is 9.98. The van der Waals surface area contributed by atoms with Gasteiger partial charge in [-0.1, -0.05) is 42.5 Å². The molecule has 0 aromatic heterocycles. The highest BCUT2D eigenvalue weighted by atomic mass is 32.2. The fourth-order valence-electron chi connectivity index (χ4n) is 1.73. The first kappa shape index (κ1) is 12.1. The van der Waals surface area contributed by atoms with E-state index in [-0.39, 0.29) is 6.42 Å². The molecule has 1 aromatic rings. The quantitative estimate of drug-likeness (QED) is 0.870. The summed E-state index contributed by atoms with van der Waals surface area (Å²) in [6.07, 6.45) is 5.88. The summed E-state index contributed by atoms with van der Waals surface area (Å²) in [5.74, 6) is 0. The van der Waals surface area contributed by atoms with Gasteiger partial charge in [0.15, 0.2) is 14.8 Å². The third-order valence-corrected chi connectivity index (χ3v) is 4.47. The highest BCUT2D eigenvalue weighted by molar-refractivity contribution is 7.92. The lowest BCUT2D eigenvalue weighted by molar-refractivity contribution is 0.177. The van der Waals surface area contributed by atoms with Gasteiger partial charge >= 0.3 is 0 Å². The summed E-state index contributed by atoms with van der Waals surface area (Å²) in [5.41, 5.74) is 1.94. The molecule has 0 bridgehead atoms. The Morgan fingerprint density at radius 2 is 1.88 bits per heavy atom. The van der Waals surface area contributed by atoms with Gasteiger partial charge in [0.05, 0.1) is 0 Å². The van der Waals surface area contributed by atoms with Gasteiger partial charge in [0.1, 0.15) is 0 Å². The molecule has 0 radical (unpaired) electrons. The Balaban J connectivity index is 2.29. The van der Waals surface area contributed by atoms with Gasteiger partial charge in [-0.05, 0) is 17.2 Å². The predicted octanol–water partition coefficient (Wildman–Crippen LogP) is 1.76. The second-order valence-corrected chi connectivity index (χ2v) is 6.43. The van der Waals surface area contributed by atoms with E-state index in [0.29, 0.717) is 0 Å². The molecular formula is C13H14O3S. The van der Waals surface area contributed by atoms with E-state index in [1.165, 1.54) is 6.08 Å². The third kappa shape index (κ3) is 2.33. The van der Waals surface area contributed by atoms with Crippen LogP contribution in [0, 0.1) is 0 Å². The maximum Gasteiger partial charge on any atom is 0.188 e. The van der Waals surface area contributed by atoms with Gasteiger partial charge in [0, 0.05) is 12.7 Å². The van der Waals surface area contributed by atoms with E-state index in [0.717, 1.165) is 17.4 Å². The predicted molar refractivity (Wildman–Crippen MR) is 68.0 cm³/mol. The number of allylic oxidation sites excluding steroid dienone is 2. The first-order valence-corrected chi connectivity index (χ1v) is 7.18. The van der Waals surface area contributed by atoms with Crippen molar-refractivity contribution in [3.8, 4) is 0 Å². The highest BCUT2D eigenvalue weighted by Gasteiger charge is 2.36. The molecule has 2 rings (SSSR count). The molecule has 17 heavy (non-hydrogen) atoms. The summed E-state index contributed by atoms with van der Waals surface area (Å²) < 4.78 is 22.8. The number of rotatable bonds is 2. The standard InChI is InChI=1S/C13H14O3S/c1-17(15,16)13(14)9-7-12(8-10-13)11-5-3-2-4-6-11/h2-9,14H,10H2,1H3. The topological polar surface area (TPSA) is 54.4 Å². The van der Waals surface area contributed by atoms with E-state index in [9.17, 15) is 13.5 Å². The molecule has 90 valence electrons. The minimum absolute atomic E-state index is 0.0898. The lowest BCUT2D eigenvalue weighted by Gasteiger charge is -2.24. The van der Waals surface area contributed by atoms with Crippen LogP contribution >= 0.6 is 0 Å². The molecule has 0 saturated heterocycles. The molecule has 0 heterocycles. The van der Waals surface area contributed by atoms with E-state index < -0.39 is 14.8 Å². The zero-order chi connectivity index (χ0) is 12.5. The Morgan fingerprint density at radius 1 is 1.24 bits per heavy atom. The number of sulfone groups is 1. The average molecular weight is 250 g/mol. The smallest absolute Gasteiger partial charge is 0.188 e. The molecule has 1 unspecified atom stereocenters. The van der Waals surface area contributed by atoms with Crippen LogP contribution in [0.4, 0.5) is 0 Å². The van der Waals surface area contributed by atoms with Crippen molar-refractivity contribution in [2.45, 2.75) is 11.4 Å². The Bertz CT molecular complexity index is 570. The molecule has 1 atom stereocenters. The number of aliphatic hydroxyl groups is 1. The molecule has 1 N–H and O–H groups in total. The van der Waals surface area contributed by atoms with Crippen molar-refractivity contribution in [3.05, 3.63) is 54.1 Å². The summed E-state index contributed by atoms with van der Waals surface area (Å²) in [6, 6.07) is 9.65. The number of hydrogen-bond acceptors (Lipinski definition) is 3. The van der Waals surface area contributed by atoms with E-state index in [1.807, 2.05) is 30.3 Å². The lowest BCUT2D eigenvalue weighted by Crippen LogP contribution is -2.36. The van der Waals surface area contributed by atoms with Crippen LogP contribution in [0.5, 0.6) is 0 Å². The Hall–Kier alpha value is -1.39. The van der Waals surface area contributed by atoms with Crippen LogP contribution in [0.3, 0.4) is 0 Å². The van der Waals surface area contributed by atoms with Crippen molar-refractivity contribution in [3.63, 3.8) is 0 Å². The summed E-state index contributed by atoms with van der Waals surface area (Å²) in [7, 11) is -3.51. The van der Waals surface area contributed by atoms with E-state index in [4.69, 9.17) is 0 Å². The van der Waals surface area contributed by atoms with Crippen molar-refractivity contribution in [2.24, 2.45) is 0 Å². The highest BCUT2D eigenvalue weighted by Crippen LogP contribution is 2.29. The third-order valence-electron chi connectivity index (χ3n) is 2.89. The fraction of sp³-hybridized carbons (Fsp3) is 0.231. The van der Waals surface area contributed by atoms with Gasteiger partial charge < -0.3 is 5.11 Å². The second kappa shape index (κ2) is 4.13. The maximum atomic E-state index is 11.4. The molecule has 4 heteroatoms. The minimum Gasteiger partial charge on any atom is -0.371 e. The van der Waals surface area contributed by atoms with Crippen molar-refractivity contribution in [1.29, 1.82) is 0 Å². The number of hydrogen-bond donors (Lipinski definition) is 1. The van der Waals surface area contributed by atoms with Gasteiger partial charge in [0.25, 0.3) is 0 Å². The van der Waals surface area contributed by atoms with E-state index >= 15 is 0 Å². The van der Waals surface area contributed by atoms with Gasteiger partial charge in [-0.15, -0.1) is 0 Å². The maximum absolute atomic E-state index is 11.4. The number of benzene rings is 1. The van der Waals surface area contributed by atoms with Crippen LogP contribution in [0.25, 0.3) is 5.57 Å². The molecule has 1 aliphatic rings. The van der Waals surface area contributed by atoms with E-state index in [1.54, 1.807) is 12.2 Å². The van der Waals surface area contributed by atoms with Crippen molar-refractivity contribution in [2.75, 3.05) is 6.26 Å². The van der Waals surface area contributed by atoms with Crippen molar-refractivity contribution >= 4 is 15.4 Å². The molecule has 0 fully saturated rings. The van der Waals surface area contributed by atoms with Gasteiger partial charge in [-0.25, -0.2) is 8.42 Å². The Kier molecular flexibility index (Phi) is 2.93. The summed E-state index contributed by atoms with van der Waals surface area (Å²) in [5, 5.41) is 9.95. The average Bonchev–Trinajstić information content (AvgIpc) is 2.30. The molecule has 0 amide bonds. The minimum atomic E-state index is -3.51. The van der Waals surface area contributed by atoms with Crippen LogP contribution in [-0.4, -0.2) is 24.7 Å². The Morgan fingerprint density at radius 3 is 2.35 bits per heavy atom. The monoisotopic (exact) mass is 250 g/mol. The Labute approximate surface area is 101 Å². The normalized spacial score (nSPS) is 24.5. The molecule has 0 saturated carbocycles.